The van der Waals surface area contributed by atoms with E-state index in [4.69, 9.17) is 0 Å². The predicted octanol–water partition coefficient (Wildman–Crippen LogP) is 5.18. The van der Waals surface area contributed by atoms with Gasteiger partial charge in [0.1, 0.15) is 5.82 Å². The Balaban J connectivity index is 2.27. The molecule has 0 amide bonds. The summed E-state index contributed by atoms with van der Waals surface area (Å²) in [5.74, 6) is -0.166. The molecule has 0 radical (unpaired) electrons. The third kappa shape index (κ3) is 4.65. The molecule has 2 aromatic carbocycles. The topological polar surface area (TPSA) is 12.0 Å². The van der Waals surface area contributed by atoms with Crippen molar-refractivity contribution in [1.29, 1.82) is 0 Å². The van der Waals surface area contributed by atoms with Gasteiger partial charge in [0, 0.05) is 10.5 Å². The molecule has 2 rings (SSSR count). The molecule has 21 heavy (non-hydrogen) atoms. The molecule has 0 saturated heterocycles. The lowest BCUT2D eigenvalue weighted by Gasteiger charge is -2.20. The summed E-state index contributed by atoms with van der Waals surface area (Å²) in [6.45, 7) is 4.99. The molecule has 1 unspecified atom stereocenters. The van der Waals surface area contributed by atoms with E-state index in [0.717, 1.165) is 35.0 Å². The highest BCUT2D eigenvalue weighted by Crippen LogP contribution is 2.25. The zero-order chi connectivity index (χ0) is 15.2. The third-order valence-electron chi connectivity index (χ3n) is 3.49. The van der Waals surface area contributed by atoms with Gasteiger partial charge in [-0.3, -0.25) is 0 Å². The molecule has 0 aromatic heterocycles. The van der Waals surface area contributed by atoms with E-state index in [-0.39, 0.29) is 11.9 Å². The van der Waals surface area contributed by atoms with Gasteiger partial charge in [0.15, 0.2) is 0 Å². The molecule has 0 saturated carbocycles. The Morgan fingerprint density at radius 1 is 1.19 bits per heavy atom. The lowest BCUT2D eigenvalue weighted by molar-refractivity contribution is 0.523. The first-order valence-corrected chi connectivity index (χ1v) is 8.13. The summed E-state index contributed by atoms with van der Waals surface area (Å²) in [4.78, 5) is 0. The van der Waals surface area contributed by atoms with E-state index in [0.29, 0.717) is 0 Å². The first kappa shape index (κ1) is 16.2. The maximum Gasteiger partial charge on any atom is 0.123 e. The molecule has 0 heterocycles. The standard InChI is InChI=1S/C18H21BrFN/c1-3-8-21-18(12-14-6-4-5-7-17(14)19)15-9-13(2)10-16(20)11-15/h4-7,9-11,18,21H,3,8,12H2,1-2H3. The van der Waals surface area contributed by atoms with Crippen LogP contribution in [0.4, 0.5) is 4.39 Å². The molecule has 1 nitrogen and oxygen atoms in total. The minimum atomic E-state index is -0.166. The summed E-state index contributed by atoms with van der Waals surface area (Å²) in [5, 5.41) is 3.53. The molecule has 1 atom stereocenters. The number of rotatable bonds is 6. The molecule has 1 N–H and O–H groups in total. The third-order valence-corrected chi connectivity index (χ3v) is 4.26. The van der Waals surface area contributed by atoms with E-state index in [1.54, 1.807) is 12.1 Å². The van der Waals surface area contributed by atoms with E-state index in [1.165, 1.54) is 5.56 Å². The van der Waals surface area contributed by atoms with E-state index < -0.39 is 0 Å². The zero-order valence-corrected chi connectivity index (χ0v) is 14.1. The largest absolute Gasteiger partial charge is 0.310 e. The summed E-state index contributed by atoms with van der Waals surface area (Å²) in [5.41, 5.74) is 3.20. The predicted molar refractivity (Wildman–Crippen MR) is 90.0 cm³/mol. The summed E-state index contributed by atoms with van der Waals surface area (Å²) < 4.78 is 14.8. The van der Waals surface area contributed by atoms with Gasteiger partial charge >= 0.3 is 0 Å². The fourth-order valence-corrected chi connectivity index (χ4v) is 2.92. The minimum Gasteiger partial charge on any atom is -0.310 e. The summed E-state index contributed by atoms with van der Waals surface area (Å²) in [6.07, 6.45) is 1.89. The van der Waals surface area contributed by atoms with Crippen molar-refractivity contribution < 1.29 is 4.39 Å². The van der Waals surface area contributed by atoms with Crippen LogP contribution < -0.4 is 5.32 Å². The molecule has 2 aromatic rings. The molecular formula is C18H21BrFN. The zero-order valence-electron chi connectivity index (χ0n) is 12.5. The average Bonchev–Trinajstić information content (AvgIpc) is 2.44. The smallest absolute Gasteiger partial charge is 0.123 e. The Labute approximate surface area is 134 Å². The van der Waals surface area contributed by atoms with E-state index >= 15 is 0 Å². The average molecular weight is 350 g/mol. The molecule has 0 aliphatic rings. The molecular weight excluding hydrogens is 329 g/mol. The van der Waals surface area contributed by atoms with E-state index in [9.17, 15) is 4.39 Å². The number of nitrogens with one attached hydrogen (secondary N) is 1. The molecule has 0 spiro atoms. The van der Waals surface area contributed by atoms with Crippen molar-refractivity contribution in [2.24, 2.45) is 0 Å². The Morgan fingerprint density at radius 3 is 2.62 bits per heavy atom. The fraction of sp³-hybridized carbons (Fsp3) is 0.333. The second-order valence-corrected chi connectivity index (χ2v) is 6.22. The van der Waals surface area contributed by atoms with Gasteiger partial charge in [-0.25, -0.2) is 4.39 Å². The van der Waals surface area contributed by atoms with Gasteiger partial charge in [0.05, 0.1) is 0 Å². The second-order valence-electron chi connectivity index (χ2n) is 5.36. The number of hydrogen-bond acceptors (Lipinski definition) is 1. The Bertz CT molecular complexity index is 577. The van der Waals surface area contributed by atoms with Gasteiger partial charge in [0.25, 0.3) is 0 Å². The molecule has 0 aliphatic heterocycles. The van der Waals surface area contributed by atoms with Crippen LogP contribution in [-0.4, -0.2) is 6.54 Å². The fourth-order valence-electron chi connectivity index (χ4n) is 2.48. The van der Waals surface area contributed by atoms with E-state index in [1.807, 2.05) is 25.1 Å². The summed E-state index contributed by atoms with van der Waals surface area (Å²) in [7, 11) is 0. The van der Waals surface area contributed by atoms with Crippen molar-refractivity contribution in [3.05, 3.63) is 69.4 Å². The quantitative estimate of drug-likeness (QED) is 0.757. The maximum absolute atomic E-state index is 13.7. The van der Waals surface area contributed by atoms with Crippen molar-refractivity contribution in [3.63, 3.8) is 0 Å². The SMILES string of the molecule is CCCNC(Cc1ccccc1Br)c1cc(C)cc(F)c1. The first-order valence-electron chi connectivity index (χ1n) is 7.34. The Hall–Kier alpha value is -1.19. The minimum absolute atomic E-state index is 0.123. The van der Waals surface area contributed by atoms with Crippen LogP contribution in [0.2, 0.25) is 0 Å². The van der Waals surface area contributed by atoms with Crippen molar-refractivity contribution in [3.8, 4) is 0 Å². The van der Waals surface area contributed by atoms with Gasteiger partial charge in [-0.1, -0.05) is 47.1 Å². The highest BCUT2D eigenvalue weighted by atomic mass is 79.9. The van der Waals surface area contributed by atoms with Crippen LogP contribution in [0.3, 0.4) is 0 Å². The van der Waals surface area contributed by atoms with Crippen LogP contribution in [-0.2, 0) is 6.42 Å². The number of benzene rings is 2. The molecule has 0 aliphatic carbocycles. The molecule has 0 bridgehead atoms. The van der Waals surface area contributed by atoms with Crippen LogP contribution in [0.25, 0.3) is 0 Å². The second kappa shape index (κ2) is 7.71. The van der Waals surface area contributed by atoms with Crippen LogP contribution in [0, 0.1) is 12.7 Å². The van der Waals surface area contributed by atoms with Gasteiger partial charge in [-0.2, -0.15) is 0 Å². The summed E-state index contributed by atoms with van der Waals surface area (Å²) in [6, 6.07) is 13.6. The summed E-state index contributed by atoms with van der Waals surface area (Å²) >= 11 is 3.59. The van der Waals surface area contributed by atoms with Crippen molar-refractivity contribution in [2.75, 3.05) is 6.54 Å². The highest BCUT2D eigenvalue weighted by Gasteiger charge is 2.14. The Kier molecular flexibility index (Phi) is 5.95. The van der Waals surface area contributed by atoms with Gasteiger partial charge in [0.2, 0.25) is 0 Å². The maximum atomic E-state index is 13.7. The van der Waals surface area contributed by atoms with E-state index in [2.05, 4.69) is 40.3 Å². The Morgan fingerprint density at radius 2 is 1.95 bits per heavy atom. The number of halogens is 2. The van der Waals surface area contributed by atoms with Crippen LogP contribution in [0.1, 0.15) is 36.1 Å². The van der Waals surface area contributed by atoms with Crippen LogP contribution in [0.15, 0.2) is 46.9 Å². The lowest BCUT2D eigenvalue weighted by atomic mass is 9.97. The molecule has 3 heteroatoms. The first-order chi connectivity index (χ1) is 10.1. The number of hydrogen-bond donors (Lipinski definition) is 1. The molecule has 0 fully saturated rings. The van der Waals surface area contributed by atoms with Gasteiger partial charge in [-0.05, 0) is 61.2 Å². The highest BCUT2D eigenvalue weighted by molar-refractivity contribution is 9.10. The van der Waals surface area contributed by atoms with Crippen molar-refractivity contribution in [2.45, 2.75) is 32.7 Å². The molecule has 112 valence electrons. The van der Waals surface area contributed by atoms with Crippen molar-refractivity contribution >= 4 is 15.9 Å². The van der Waals surface area contributed by atoms with Crippen LogP contribution >= 0.6 is 15.9 Å². The van der Waals surface area contributed by atoms with Gasteiger partial charge < -0.3 is 5.32 Å². The normalized spacial score (nSPS) is 12.4. The lowest BCUT2D eigenvalue weighted by Crippen LogP contribution is -2.24. The van der Waals surface area contributed by atoms with Crippen molar-refractivity contribution in [1.82, 2.24) is 5.32 Å². The monoisotopic (exact) mass is 349 g/mol. The van der Waals surface area contributed by atoms with Crippen LogP contribution in [0.5, 0.6) is 0 Å². The number of aryl methyl sites for hydroxylation is 1. The van der Waals surface area contributed by atoms with Gasteiger partial charge in [-0.15, -0.1) is 0 Å².